The fraction of sp³-hybridized carbons (Fsp3) is 0.250. The highest BCUT2D eigenvalue weighted by Gasteiger charge is 2.34. The van der Waals surface area contributed by atoms with Gasteiger partial charge in [-0.15, -0.1) is 0 Å². The molecule has 1 N–H and O–H groups in total. The maximum Gasteiger partial charge on any atom is 0.142 e. The predicted octanol–water partition coefficient (Wildman–Crippen LogP) is 4.53. The van der Waals surface area contributed by atoms with Crippen molar-refractivity contribution < 1.29 is 14.6 Å². The van der Waals surface area contributed by atoms with Crippen LogP contribution in [-0.2, 0) is 0 Å². The molecule has 0 radical (unpaired) electrons. The number of fused-ring (bicyclic) bond motifs is 2. The van der Waals surface area contributed by atoms with Crippen molar-refractivity contribution in [2.24, 2.45) is 0 Å². The SMILES string of the molecule is CN1CCOc2ccc(C3c4ccc(O)cc4OCC3c3ccccc3)cc21. The van der Waals surface area contributed by atoms with E-state index >= 15 is 0 Å². The summed E-state index contributed by atoms with van der Waals surface area (Å²) in [5, 5.41) is 9.92. The normalized spacial score (nSPS) is 20.5. The summed E-state index contributed by atoms with van der Waals surface area (Å²) in [4.78, 5) is 2.25. The van der Waals surface area contributed by atoms with Gasteiger partial charge in [-0.3, -0.25) is 0 Å². The zero-order valence-electron chi connectivity index (χ0n) is 15.8. The molecule has 0 aliphatic carbocycles. The van der Waals surface area contributed by atoms with Gasteiger partial charge in [-0.25, -0.2) is 0 Å². The second kappa shape index (κ2) is 6.79. The van der Waals surface area contributed by atoms with E-state index in [9.17, 15) is 5.11 Å². The molecule has 2 aliphatic rings. The summed E-state index contributed by atoms with van der Waals surface area (Å²) in [6, 6.07) is 22.5. The second-order valence-corrected chi connectivity index (χ2v) is 7.53. The Hall–Kier alpha value is -3.14. The summed E-state index contributed by atoms with van der Waals surface area (Å²) in [6.45, 7) is 2.18. The molecule has 0 saturated carbocycles. The number of phenolic OH excluding ortho intramolecular Hbond substituents is 1. The Labute approximate surface area is 165 Å². The van der Waals surface area contributed by atoms with Crippen LogP contribution >= 0.6 is 0 Å². The number of benzene rings is 3. The van der Waals surface area contributed by atoms with Gasteiger partial charge >= 0.3 is 0 Å². The van der Waals surface area contributed by atoms with Crippen LogP contribution in [0.25, 0.3) is 0 Å². The number of ether oxygens (including phenoxy) is 2. The molecule has 0 spiro atoms. The van der Waals surface area contributed by atoms with Crippen LogP contribution in [0.3, 0.4) is 0 Å². The summed E-state index contributed by atoms with van der Waals surface area (Å²) < 4.78 is 11.9. The Morgan fingerprint density at radius 1 is 0.893 bits per heavy atom. The number of anilines is 1. The molecule has 142 valence electrons. The van der Waals surface area contributed by atoms with E-state index in [0.717, 1.165) is 35.9 Å². The molecule has 2 aliphatic heterocycles. The van der Waals surface area contributed by atoms with Crippen molar-refractivity contribution in [3.8, 4) is 17.2 Å². The van der Waals surface area contributed by atoms with E-state index in [-0.39, 0.29) is 17.6 Å². The van der Waals surface area contributed by atoms with Gasteiger partial charge < -0.3 is 19.5 Å². The second-order valence-electron chi connectivity index (χ2n) is 7.53. The predicted molar refractivity (Wildman–Crippen MR) is 110 cm³/mol. The highest BCUT2D eigenvalue weighted by molar-refractivity contribution is 5.63. The van der Waals surface area contributed by atoms with Crippen molar-refractivity contribution in [2.75, 3.05) is 31.7 Å². The van der Waals surface area contributed by atoms with E-state index < -0.39 is 0 Å². The van der Waals surface area contributed by atoms with Crippen LogP contribution in [0.5, 0.6) is 17.2 Å². The first-order valence-corrected chi connectivity index (χ1v) is 9.69. The summed E-state index contributed by atoms with van der Waals surface area (Å²) >= 11 is 0. The molecule has 4 nitrogen and oxygen atoms in total. The van der Waals surface area contributed by atoms with Gasteiger partial charge in [-0.05, 0) is 29.3 Å². The monoisotopic (exact) mass is 373 g/mol. The molecule has 2 unspecified atom stereocenters. The number of hydrogen-bond acceptors (Lipinski definition) is 4. The van der Waals surface area contributed by atoms with Crippen LogP contribution in [0.2, 0.25) is 0 Å². The first-order valence-electron chi connectivity index (χ1n) is 9.69. The van der Waals surface area contributed by atoms with Crippen molar-refractivity contribution in [2.45, 2.75) is 11.8 Å². The summed E-state index contributed by atoms with van der Waals surface area (Å²) in [7, 11) is 2.11. The zero-order valence-corrected chi connectivity index (χ0v) is 15.8. The fourth-order valence-electron chi connectivity index (χ4n) is 4.36. The van der Waals surface area contributed by atoms with Gasteiger partial charge in [-0.1, -0.05) is 42.5 Å². The molecule has 28 heavy (non-hydrogen) atoms. The minimum absolute atomic E-state index is 0.146. The van der Waals surface area contributed by atoms with Crippen LogP contribution in [0.1, 0.15) is 28.5 Å². The van der Waals surface area contributed by atoms with Gasteiger partial charge in [0, 0.05) is 30.5 Å². The average Bonchev–Trinajstić information content (AvgIpc) is 2.73. The largest absolute Gasteiger partial charge is 0.508 e. The number of likely N-dealkylation sites (N-methyl/N-ethyl adjacent to an activating group) is 1. The Morgan fingerprint density at radius 3 is 2.61 bits per heavy atom. The number of phenols is 1. The van der Waals surface area contributed by atoms with E-state index in [4.69, 9.17) is 9.47 Å². The third-order valence-corrected chi connectivity index (χ3v) is 5.82. The van der Waals surface area contributed by atoms with Crippen LogP contribution in [-0.4, -0.2) is 31.9 Å². The lowest BCUT2D eigenvalue weighted by atomic mass is 9.75. The van der Waals surface area contributed by atoms with Crippen molar-refractivity contribution in [1.29, 1.82) is 0 Å². The molecule has 3 aromatic carbocycles. The highest BCUT2D eigenvalue weighted by Crippen LogP contribution is 2.48. The van der Waals surface area contributed by atoms with Crippen LogP contribution < -0.4 is 14.4 Å². The topological polar surface area (TPSA) is 41.9 Å². The zero-order chi connectivity index (χ0) is 19.1. The quantitative estimate of drug-likeness (QED) is 0.717. The lowest BCUT2D eigenvalue weighted by Crippen LogP contribution is -2.29. The van der Waals surface area contributed by atoms with Crippen molar-refractivity contribution >= 4 is 5.69 Å². The van der Waals surface area contributed by atoms with Gasteiger partial charge in [0.1, 0.15) is 23.9 Å². The molecule has 2 atom stereocenters. The lowest BCUT2D eigenvalue weighted by molar-refractivity contribution is 0.247. The van der Waals surface area contributed by atoms with Crippen molar-refractivity contribution in [3.05, 3.63) is 83.4 Å². The molecule has 0 saturated heterocycles. The summed E-state index contributed by atoms with van der Waals surface area (Å²) in [5.41, 5.74) is 4.73. The molecular formula is C24H23NO3. The number of nitrogens with zero attached hydrogens (tertiary/aromatic N) is 1. The molecule has 0 amide bonds. The number of rotatable bonds is 2. The molecule has 2 heterocycles. The fourth-order valence-corrected chi connectivity index (χ4v) is 4.36. The van der Waals surface area contributed by atoms with Gasteiger partial charge in [0.05, 0.1) is 18.8 Å². The maximum atomic E-state index is 9.92. The third-order valence-electron chi connectivity index (χ3n) is 5.82. The Balaban J connectivity index is 1.66. The Morgan fingerprint density at radius 2 is 1.75 bits per heavy atom. The third kappa shape index (κ3) is 2.85. The minimum atomic E-state index is 0.146. The summed E-state index contributed by atoms with van der Waals surface area (Å²) in [6.07, 6.45) is 0. The van der Waals surface area contributed by atoms with Crippen molar-refractivity contribution in [1.82, 2.24) is 0 Å². The molecule has 0 aromatic heterocycles. The summed E-state index contributed by atoms with van der Waals surface area (Å²) in [5.74, 6) is 2.28. The van der Waals surface area contributed by atoms with E-state index in [1.54, 1.807) is 12.1 Å². The van der Waals surface area contributed by atoms with Crippen LogP contribution in [0.4, 0.5) is 5.69 Å². The molecule has 4 heteroatoms. The number of aromatic hydroxyl groups is 1. The van der Waals surface area contributed by atoms with E-state index in [1.165, 1.54) is 11.1 Å². The standard InChI is InChI=1S/C24H23NO3/c1-25-11-12-27-22-10-7-17(13-21(22)25)24-19-9-8-18(26)14-23(19)28-15-20(24)16-5-3-2-4-6-16/h2-10,13-14,20,24,26H,11-12,15H2,1H3. The lowest BCUT2D eigenvalue weighted by Gasteiger charge is -2.36. The highest BCUT2D eigenvalue weighted by atomic mass is 16.5. The Bertz CT molecular complexity index is 1000. The van der Waals surface area contributed by atoms with Crippen LogP contribution in [0, 0.1) is 0 Å². The van der Waals surface area contributed by atoms with Crippen molar-refractivity contribution in [3.63, 3.8) is 0 Å². The molecule has 5 rings (SSSR count). The van der Waals surface area contributed by atoms with E-state index in [0.29, 0.717) is 6.61 Å². The first-order chi connectivity index (χ1) is 13.7. The minimum Gasteiger partial charge on any atom is -0.508 e. The van der Waals surface area contributed by atoms with Gasteiger partial charge in [0.15, 0.2) is 0 Å². The molecular weight excluding hydrogens is 350 g/mol. The first kappa shape index (κ1) is 17.0. The van der Waals surface area contributed by atoms with Gasteiger partial charge in [-0.2, -0.15) is 0 Å². The van der Waals surface area contributed by atoms with E-state index in [2.05, 4.69) is 54.4 Å². The van der Waals surface area contributed by atoms with Crippen LogP contribution in [0.15, 0.2) is 66.7 Å². The smallest absolute Gasteiger partial charge is 0.142 e. The van der Waals surface area contributed by atoms with Gasteiger partial charge in [0.2, 0.25) is 0 Å². The maximum absolute atomic E-state index is 9.92. The molecule has 0 bridgehead atoms. The van der Waals surface area contributed by atoms with E-state index in [1.807, 2.05) is 12.1 Å². The Kier molecular flexibility index (Phi) is 4.12. The number of hydrogen-bond donors (Lipinski definition) is 1. The molecule has 0 fully saturated rings. The average molecular weight is 373 g/mol. The molecule has 3 aromatic rings. The van der Waals surface area contributed by atoms with Gasteiger partial charge in [0.25, 0.3) is 0 Å².